The van der Waals surface area contributed by atoms with Crippen LogP contribution in [0.15, 0.2) is 17.4 Å². The summed E-state index contributed by atoms with van der Waals surface area (Å²) >= 11 is 1.61. The Morgan fingerprint density at radius 3 is 2.75 bits per heavy atom. The van der Waals surface area contributed by atoms with E-state index in [4.69, 9.17) is 5.11 Å². The molecule has 0 aliphatic carbocycles. The van der Waals surface area contributed by atoms with E-state index >= 15 is 0 Å². The van der Waals surface area contributed by atoms with Crippen LogP contribution in [0.3, 0.4) is 0 Å². The Hall–Kier alpha value is -0.810. The molecule has 1 rings (SSSR count). The van der Waals surface area contributed by atoms with Crippen molar-refractivity contribution in [2.75, 3.05) is 24.3 Å². The Morgan fingerprint density at radius 1 is 1.44 bits per heavy atom. The first-order valence-corrected chi connectivity index (χ1v) is 6.65. The number of hydrogen-bond acceptors (Lipinski definition) is 5. The Kier molecular flexibility index (Phi) is 5.55. The lowest BCUT2D eigenvalue weighted by Gasteiger charge is -2.27. The maximum Gasteiger partial charge on any atom is 0.133 e. The number of thioether (sulfide) groups is 1. The third-order valence-electron chi connectivity index (χ3n) is 2.31. The maximum atomic E-state index is 8.88. The quantitative estimate of drug-likeness (QED) is 0.608. The number of nitrogens with zero attached hydrogens (tertiary/aromatic N) is 3. The molecule has 0 aliphatic heterocycles. The van der Waals surface area contributed by atoms with Crippen molar-refractivity contribution < 1.29 is 5.11 Å². The van der Waals surface area contributed by atoms with E-state index < -0.39 is 0 Å². The van der Waals surface area contributed by atoms with E-state index in [2.05, 4.69) is 28.7 Å². The topological polar surface area (TPSA) is 49.2 Å². The zero-order chi connectivity index (χ0) is 12.0. The summed E-state index contributed by atoms with van der Waals surface area (Å²) in [6, 6.07) is 2.36. The van der Waals surface area contributed by atoms with E-state index in [-0.39, 0.29) is 6.61 Å². The summed E-state index contributed by atoms with van der Waals surface area (Å²) in [5, 5.41) is 9.85. The maximum absolute atomic E-state index is 8.88. The molecule has 0 fully saturated rings. The van der Waals surface area contributed by atoms with E-state index in [1.54, 1.807) is 18.1 Å². The van der Waals surface area contributed by atoms with Gasteiger partial charge in [0.25, 0.3) is 0 Å². The summed E-state index contributed by atoms with van der Waals surface area (Å²) in [6.07, 6.45) is 4.35. The molecule has 0 saturated heterocycles. The van der Waals surface area contributed by atoms with Gasteiger partial charge in [-0.15, -0.1) is 11.8 Å². The third kappa shape index (κ3) is 3.64. The second-order valence-corrected chi connectivity index (χ2v) is 4.61. The molecular weight excluding hydrogens is 222 g/mol. The smallest absolute Gasteiger partial charge is 0.133 e. The lowest BCUT2D eigenvalue weighted by molar-refractivity contribution is 0.288. The Labute approximate surface area is 101 Å². The van der Waals surface area contributed by atoms with Crippen molar-refractivity contribution in [2.24, 2.45) is 0 Å². The number of aliphatic hydroxyl groups excluding tert-OH is 1. The van der Waals surface area contributed by atoms with E-state index in [0.717, 1.165) is 23.8 Å². The van der Waals surface area contributed by atoms with Gasteiger partial charge >= 0.3 is 0 Å². The first-order chi connectivity index (χ1) is 7.69. The molecule has 5 heteroatoms. The van der Waals surface area contributed by atoms with Crippen molar-refractivity contribution >= 4 is 17.6 Å². The molecule has 4 nitrogen and oxygen atoms in total. The van der Waals surface area contributed by atoms with Gasteiger partial charge in [0, 0.05) is 25.3 Å². The van der Waals surface area contributed by atoms with E-state index in [1.807, 2.05) is 12.3 Å². The van der Waals surface area contributed by atoms with E-state index in [1.165, 1.54) is 0 Å². The molecule has 1 heterocycles. The molecule has 90 valence electrons. The van der Waals surface area contributed by atoms with Gasteiger partial charge < -0.3 is 10.0 Å². The van der Waals surface area contributed by atoms with Crippen LogP contribution >= 0.6 is 11.8 Å². The summed E-state index contributed by atoms with van der Waals surface area (Å²) in [7, 11) is 0. The Morgan fingerprint density at radius 2 is 2.19 bits per heavy atom. The molecule has 0 radical (unpaired) electrons. The molecular formula is C11H19N3OS. The summed E-state index contributed by atoms with van der Waals surface area (Å²) in [5.74, 6) is 0.933. The number of aliphatic hydroxyl groups is 1. The molecule has 0 aliphatic rings. The molecule has 0 aromatic carbocycles. The highest BCUT2D eigenvalue weighted by molar-refractivity contribution is 7.98. The van der Waals surface area contributed by atoms with Crippen LogP contribution in [0.4, 0.5) is 5.82 Å². The van der Waals surface area contributed by atoms with Crippen LogP contribution in [-0.2, 0) is 0 Å². The predicted molar refractivity (Wildman–Crippen MR) is 68.0 cm³/mol. The number of anilines is 1. The Bertz CT molecular complexity index is 320. The lowest BCUT2D eigenvalue weighted by atomic mass is 10.3. The third-order valence-corrected chi connectivity index (χ3v) is 2.95. The highest BCUT2D eigenvalue weighted by Crippen LogP contribution is 2.19. The molecule has 1 aromatic rings. The molecule has 0 saturated carbocycles. The SMILES string of the molecule is CSc1cc(N(CCCO)C(C)C)ncn1. The molecule has 0 atom stereocenters. The highest BCUT2D eigenvalue weighted by atomic mass is 32.2. The van der Waals surface area contributed by atoms with Crippen LogP contribution < -0.4 is 4.90 Å². The van der Waals surface area contributed by atoms with Crippen molar-refractivity contribution in [3.05, 3.63) is 12.4 Å². The van der Waals surface area contributed by atoms with E-state index in [0.29, 0.717) is 6.04 Å². The normalized spacial score (nSPS) is 10.8. The molecule has 0 unspecified atom stereocenters. The highest BCUT2D eigenvalue weighted by Gasteiger charge is 2.11. The van der Waals surface area contributed by atoms with Gasteiger partial charge in [-0.25, -0.2) is 9.97 Å². The second-order valence-electron chi connectivity index (χ2n) is 3.78. The average Bonchev–Trinajstić information content (AvgIpc) is 2.29. The summed E-state index contributed by atoms with van der Waals surface area (Å²) in [6.45, 7) is 5.28. The van der Waals surface area contributed by atoms with Gasteiger partial charge in [-0.2, -0.15) is 0 Å². The fourth-order valence-corrected chi connectivity index (χ4v) is 1.85. The summed E-state index contributed by atoms with van der Waals surface area (Å²) in [4.78, 5) is 10.6. The van der Waals surface area contributed by atoms with Crippen molar-refractivity contribution in [2.45, 2.75) is 31.3 Å². The van der Waals surface area contributed by atoms with Gasteiger partial charge in [-0.3, -0.25) is 0 Å². The molecule has 0 amide bonds. The van der Waals surface area contributed by atoms with Crippen LogP contribution in [0, 0.1) is 0 Å². The van der Waals surface area contributed by atoms with E-state index in [9.17, 15) is 0 Å². The van der Waals surface area contributed by atoms with Crippen LogP contribution in [0.2, 0.25) is 0 Å². The number of hydrogen-bond donors (Lipinski definition) is 1. The zero-order valence-corrected chi connectivity index (χ0v) is 10.9. The predicted octanol–water partition coefficient (Wildman–Crippen LogP) is 1.80. The minimum absolute atomic E-state index is 0.212. The van der Waals surface area contributed by atoms with Gasteiger partial charge in [0.05, 0.1) is 0 Å². The van der Waals surface area contributed by atoms with Gasteiger partial charge in [-0.1, -0.05) is 0 Å². The van der Waals surface area contributed by atoms with Crippen molar-refractivity contribution in [3.63, 3.8) is 0 Å². The minimum Gasteiger partial charge on any atom is -0.396 e. The number of rotatable bonds is 6. The standard InChI is InChI=1S/C11H19N3OS/c1-9(2)14(5-4-6-15)10-7-11(16-3)13-8-12-10/h7-9,15H,4-6H2,1-3H3. The molecule has 16 heavy (non-hydrogen) atoms. The summed E-state index contributed by atoms with van der Waals surface area (Å²) < 4.78 is 0. The van der Waals surface area contributed by atoms with Crippen LogP contribution in [-0.4, -0.2) is 40.5 Å². The summed E-state index contributed by atoms with van der Waals surface area (Å²) in [5.41, 5.74) is 0. The molecule has 1 aromatic heterocycles. The zero-order valence-electron chi connectivity index (χ0n) is 10.1. The van der Waals surface area contributed by atoms with Crippen LogP contribution in [0.25, 0.3) is 0 Å². The molecule has 0 bridgehead atoms. The van der Waals surface area contributed by atoms with Gasteiger partial charge in [0.2, 0.25) is 0 Å². The van der Waals surface area contributed by atoms with Crippen molar-refractivity contribution in [1.82, 2.24) is 9.97 Å². The van der Waals surface area contributed by atoms with Gasteiger partial charge in [0.1, 0.15) is 17.2 Å². The largest absolute Gasteiger partial charge is 0.396 e. The van der Waals surface area contributed by atoms with Crippen LogP contribution in [0.1, 0.15) is 20.3 Å². The first-order valence-electron chi connectivity index (χ1n) is 5.42. The fourth-order valence-electron chi connectivity index (χ4n) is 1.48. The fraction of sp³-hybridized carbons (Fsp3) is 0.636. The molecule has 1 N–H and O–H groups in total. The minimum atomic E-state index is 0.212. The van der Waals surface area contributed by atoms with Gasteiger partial charge in [-0.05, 0) is 26.5 Å². The Balaban J connectivity index is 2.82. The first kappa shape index (κ1) is 13.3. The lowest BCUT2D eigenvalue weighted by Crippen LogP contribution is -2.33. The van der Waals surface area contributed by atoms with Crippen molar-refractivity contribution in [3.8, 4) is 0 Å². The van der Waals surface area contributed by atoms with Crippen LogP contribution in [0.5, 0.6) is 0 Å². The van der Waals surface area contributed by atoms with Gasteiger partial charge in [0.15, 0.2) is 0 Å². The monoisotopic (exact) mass is 241 g/mol. The average molecular weight is 241 g/mol. The molecule has 0 spiro atoms. The van der Waals surface area contributed by atoms with Crippen molar-refractivity contribution in [1.29, 1.82) is 0 Å². The second kappa shape index (κ2) is 6.70. The number of aromatic nitrogens is 2.